The number of nitrogens with one attached hydrogen (secondary N) is 1. The van der Waals surface area contributed by atoms with Crippen LogP contribution in [0.15, 0.2) is 51.8 Å². The third-order valence-electron chi connectivity index (χ3n) is 4.68. The van der Waals surface area contributed by atoms with Crippen molar-refractivity contribution in [2.75, 3.05) is 25.5 Å². The maximum absolute atomic E-state index is 13.6. The average molecular weight is 471 g/mol. The molecule has 0 radical (unpaired) electrons. The number of amides is 1. The molecule has 2 aromatic rings. The third kappa shape index (κ3) is 4.53. The number of halogens is 2. The number of hydrogen-bond donors (Lipinski definition) is 1. The molecule has 1 N–H and O–H groups in total. The van der Waals surface area contributed by atoms with Gasteiger partial charge in [0.2, 0.25) is 15.9 Å². The zero-order chi connectivity index (χ0) is 20.3. The minimum atomic E-state index is -3.91. The van der Waals surface area contributed by atoms with Crippen LogP contribution in [0.25, 0.3) is 0 Å². The van der Waals surface area contributed by atoms with Crippen molar-refractivity contribution in [2.24, 2.45) is 5.92 Å². The molecule has 1 fully saturated rings. The molecule has 0 unspecified atom stereocenters. The number of benzene rings is 2. The number of ether oxygens (including phenoxy) is 1. The van der Waals surface area contributed by atoms with E-state index in [1.165, 1.54) is 17.5 Å². The normalized spacial score (nSPS) is 16.0. The van der Waals surface area contributed by atoms with Crippen LogP contribution in [-0.4, -0.2) is 38.8 Å². The van der Waals surface area contributed by atoms with Gasteiger partial charge in [-0.15, -0.1) is 0 Å². The summed E-state index contributed by atoms with van der Waals surface area (Å²) in [6.45, 7) is 0.362. The lowest BCUT2D eigenvalue weighted by atomic mass is 9.97. The molecule has 0 bridgehead atoms. The molecule has 28 heavy (non-hydrogen) atoms. The summed E-state index contributed by atoms with van der Waals surface area (Å²) in [5.74, 6) is -0.980. The molecule has 0 aliphatic carbocycles. The summed E-state index contributed by atoms with van der Waals surface area (Å²) in [6.07, 6.45) is 0.776. The summed E-state index contributed by atoms with van der Waals surface area (Å²) in [5, 5.41) is 2.85. The van der Waals surface area contributed by atoms with Gasteiger partial charge in [0.15, 0.2) is 0 Å². The summed E-state index contributed by atoms with van der Waals surface area (Å²) < 4.78 is 46.6. The lowest BCUT2D eigenvalue weighted by Crippen LogP contribution is -2.41. The van der Waals surface area contributed by atoms with Crippen LogP contribution in [0.5, 0.6) is 5.75 Å². The van der Waals surface area contributed by atoms with Crippen molar-refractivity contribution >= 4 is 37.5 Å². The van der Waals surface area contributed by atoms with Gasteiger partial charge in [0.05, 0.1) is 7.11 Å². The second kappa shape index (κ2) is 8.59. The van der Waals surface area contributed by atoms with E-state index in [4.69, 9.17) is 4.74 Å². The molecule has 1 aliphatic rings. The molecule has 1 aliphatic heterocycles. The molecule has 150 valence electrons. The summed E-state index contributed by atoms with van der Waals surface area (Å²) in [5.41, 5.74) is 0.688. The number of methoxy groups -OCH3 is 1. The molecule has 1 saturated heterocycles. The van der Waals surface area contributed by atoms with Crippen molar-refractivity contribution in [2.45, 2.75) is 17.7 Å². The van der Waals surface area contributed by atoms with Crippen LogP contribution in [0.1, 0.15) is 12.8 Å². The molecule has 0 saturated carbocycles. The van der Waals surface area contributed by atoms with Gasteiger partial charge >= 0.3 is 0 Å². The van der Waals surface area contributed by atoms with Crippen LogP contribution < -0.4 is 10.1 Å². The lowest BCUT2D eigenvalue weighted by molar-refractivity contribution is -0.120. The van der Waals surface area contributed by atoms with Crippen molar-refractivity contribution in [3.8, 4) is 5.75 Å². The topological polar surface area (TPSA) is 75.7 Å². The number of anilines is 1. The van der Waals surface area contributed by atoms with Crippen molar-refractivity contribution in [3.05, 3.63) is 52.8 Å². The predicted molar refractivity (Wildman–Crippen MR) is 107 cm³/mol. The van der Waals surface area contributed by atoms with E-state index in [2.05, 4.69) is 21.2 Å². The Kier molecular flexibility index (Phi) is 6.36. The molecule has 0 atom stereocenters. The van der Waals surface area contributed by atoms with Crippen molar-refractivity contribution in [1.82, 2.24) is 4.31 Å². The second-order valence-corrected chi connectivity index (χ2v) is 9.29. The fraction of sp³-hybridized carbons (Fsp3) is 0.316. The number of carbonyl (C=O) groups excluding carboxylic acids is 1. The molecule has 1 amide bonds. The highest BCUT2D eigenvalue weighted by molar-refractivity contribution is 9.10. The van der Waals surface area contributed by atoms with Crippen molar-refractivity contribution in [3.63, 3.8) is 0 Å². The standard InChI is InChI=1S/C19H20BrFN2O4S/c1-27-17-7-4-15(21)12-18(17)28(25,26)23-10-8-13(9-11-23)19(24)22-16-5-2-14(20)3-6-16/h2-7,12-13H,8-11H2,1H3,(H,22,24). The third-order valence-corrected chi connectivity index (χ3v) is 7.13. The molecular weight excluding hydrogens is 451 g/mol. The Morgan fingerprint density at radius 2 is 1.82 bits per heavy atom. The molecule has 6 nitrogen and oxygen atoms in total. The van der Waals surface area contributed by atoms with Gasteiger partial charge in [-0.1, -0.05) is 15.9 Å². The van der Waals surface area contributed by atoms with Gasteiger partial charge in [-0.2, -0.15) is 4.31 Å². The van der Waals surface area contributed by atoms with Gasteiger partial charge in [-0.05, 0) is 55.3 Å². The first kappa shape index (κ1) is 20.8. The van der Waals surface area contributed by atoms with Gasteiger partial charge in [0.1, 0.15) is 16.5 Å². The van der Waals surface area contributed by atoms with E-state index < -0.39 is 15.8 Å². The van der Waals surface area contributed by atoms with Crippen LogP contribution in [0.2, 0.25) is 0 Å². The molecular formula is C19H20BrFN2O4S. The van der Waals surface area contributed by atoms with E-state index >= 15 is 0 Å². The second-order valence-electron chi connectivity index (χ2n) is 6.47. The molecule has 0 aromatic heterocycles. The average Bonchev–Trinajstić information content (AvgIpc) is 2.69. The van der Waals surface area contributed by atoms with Gasteiger partial charge < -0.3 is 10.1 Å². The van der Waals surface area contributed by atoms with E-state index in [-0.39, 0.29) is 35.6 Å². The number of carbonyl (C=O) groups is 1. The van der Waals surface area contributed by atoms with Gasteiger partial charge in [0.25, 0.3) is 0 Å². The fourth-order valence-electron chi connectivity index (χ4n) is 3.13. The van der Waals surface area contributed by atoms with Crippen LogP contribution >= 0.6 is 15.9 Å². The monoisotopic (exact) mass is 470 g/mol. The zero-order valence-corrected chi connectivity index (χ0v) is 17.6. The van der Waals surface area contributed by atoms with Gasteiger partial charge in [-0.25, -0.2) is 12.8 Å². The molecule has 9 heteroatoms. The Balaban J connectivity index is 1.67. The van der Waals surface area contributed by atoms with Crippen molar-refractivity contribution < 1.29 is 22.3 Å². The number of nitrogens with zero attached hydrogens (tertiary/aromatic N) is 1. The highest BCUT2D eigenvalue weighted by Crippen LogP contribution is 2.30. The lowest BCUT2D eigenvalue weighted by Gasteiger charge is -2.30. The van der Waals surface area contributed by atoms with E-state index in [0.717, 1.165) is 16.6 Å². The number of piperidine rings is 1. The molecule has 2 aromatic carbocycles. The Hall–Kier alpha value is -1.97. The van der Waals surface area contributed by atoms with Crippen LogP contribution in [0, 0.1) is 11.7 Å². The highest BCUT2D eigenvalue weighted by atomic mass is 79.9. The predicted octanol–water partition coefficient (Wildman–Crippen LogP) is 3.64. The highest BCUT2D eigenvalue weighted by Gasteiger charge is 2.34. The first-order valence-electron chi connectivity index (χ1n) is 8.71. The first-order chi connectivity index (χ1) is 13.3. The number of rotatable bonds is 5. The zero-order valence-electron chi connectivity index (χ0n) is 15.2. The smallest absolute Gasteiger partial charge is 0.246 e. The molecule has 0 spiro atoms. The minimum absolute atomic E-state index is 0.0940. The number of sulfonamides is 1. The Labute approximate surface area is 171 Å². The summed E-state index contributed by atoms with van der Waals surface area (Å²) in [7, 11) is -2.57. The summed E-state index contributed by atoms with van der Waals surface area (Å²) in [4.78, 5) is 12.3. The SMILES string of the molecule is COc1ccc(F)cc1S(=O)(=O)N1CCC(C(=O)Nc2ccc(Br)cc2)CC1. The minimum Gasteiger partial charge on any atom is -0.495 e. The van der Waals surface area contributed by atoms with Crippen LogP contribution in [0.4, 0.5) is 10.1 Å². The largest absolute Gasteiger partial charge is 0.495 e. The van der Waals surface area contributed by atoms with E-state index in [1.54, 1.807) is 12.1 Å². The Bertz CT molecular complexity index is 958. The van der Waals surface area contributed by atoms with Crippen LogP contribution in [0.3, 0.4) is 0 Å². The fourth-order valence-corrected chi connectivity index (χ4v) is 5.03. The summed E-state index contributed by atoms with van der Waals surface area (Å²) >= 11 is 3.34. The first-order valence-corrected chi connectivity index (χ1v) is 10.9. The van der Waals surface area contributed by atoms with E-state index in [9.17, 15) is 17.6 Å². The maximum atomic E-state index is 13.6. The molecule has 3 rings (SSSR count). The Morgan fingerprint density at radius 3 is 2.43 bits per heavy atom. The molecule has 1 heterocycles. The summed E-state index contributed by atoms with van der Waals surface area (Å²) in [6, 6.07) is 10.6. The Morgan fingerprint density at radius 1 is 1.18 bits per heavy atom. The van der Waals surface area contributed by atoms with Gasteiger partial charge in [0, 0.05) is 29.2 Å². The van der Waals surface area contributed by atoms with E-state index in [0.29, 0.717) is 18.5 Å². The van der Waals surface area contributed by atoms with Crippen molar-refractivity contribution in [1.29, 1.82) is 0 Å². The van der Waals surface area contributed by atoms with E-state index in [1.807, 2.05) is 12.1 Å². The van der Waals surface area contributed by atoms with Crippen LogP contribution in [-0.2, 0) is 14.8 Å². The maximum Gasteiger partial charge on any atom is 0.246 e. The van der Waals surface area contributed by atoms with Gasteiger partial charge in [-0.3, -0.25) is 4.79 Å². The number of hydrogen-bond acceptors (Lipinski definition) is 4. The quantitative estimate of drug-likeness (QED) is 0.723.